The van der Waals surface area contributed by atoms with E-state index >= 15 is 0 Å². The first-order chi connectivity index (χ1) is 7.75. The number of aliphatic hydroxyl groups excluding tert-OH is 1. The van der Waals surface area contributed by atoms with Gasteiger partial charge in [-0.15, -0.1) is 0 Å². The Kier molecular flexibility index (Phi) is 3.54. The van der Waals surface area contributed by atoms with Crippen LogP contribution in [0.2, 0.25) is 0 Å². The van der Waals surface area contributed by atoms with Gasteiger partial charge >= 0.3 is 0 Å². The average molecular weight is 234 g/mol. The Labute approximate surface area is 99.4 Å². The molecule has 1 aromatic heterocycles. The van der Waals surface area contributed by atoms with E-state index in [2.05, 4.69) is 4.98 Å². The predicted octanol–water partition coefficient (Wildman–Crippen LogP) is 2.15. The van der Waals surface area contributed by atoms with Crippen molar-refractivity contribution in [3.8, 4) is 0 Å². The van der Waals surface area contributed by atoms with Crippen LogP contribution in [-0.4, -0.2) is 20.8 Å². The van der Waals surface area contributed by atoms with Gasteiger partial charge in [-0.25, -0.2) is 0 Å². The molecule has 1 atom stereocenters. The van der Waals surface area contributed by atoms with Crippen molar-refractivity contribution >= 4 is 12.2 Å². The quantitative estimate of drug-likeness (QED) is 0.796. The van der Waals surface area contributed by atoms with E-state index in [0.717, 1.165) is 5.56 Å². The minimum absolute atomic E-state index is 0.412. The predicted molar refractivity (Wildman–Crippen MR) is 65.8 cm³/mol. The number of aromatic nitrogens is 2. The third-order valence-corrected chi connectivity index (χ3v) is 2.80. The Morgan fingerprint density at radius 2 is 2.06 bits per heavy atom. The minimum atomic E-state index is -0.412. The summed E-state index contributed by atoms with van der Waals surface area (Å²) in [5, 5.41) is 9.92. The third kappa shape index (κ3) is 2.81. The molecule has 0 fully saturated rings. The van der Waals surface area contributed by atoms with Gasteiger partial charge in [0, 0.05) is 18.8 Å². The lowest BCUT2D eigenvalue weighted by Crippen LogP contribution is -2.18. The molecule has 2 rings (SSSR count). The van der Waals surface area contributed by atoms with E-state index in [0.29, 0.717) is 17.7 Å². The molecule has 0 aliphatic heterocycles. The van der Waals surface area contributed by atoms with Gasteiger partial charge in [0.25, 0.3) is 0 Å². The van der Waals surface area contributed by atoms with Crippen LogP contribution in [0, 0.1) is 4.77 Å². The van der Waals surface area contributed by atoms with E-state index in [1.807, 2.05) is 41.1 Å². The largest absolute Gasteiger partial charge is 0.391 e. The lowest BCUT2D eigenvalue weighted by molar-refractivity contribution is 0.154. The summed E-state index contributed by atoms with van der Waals surface area (Å²) in [6.07, 6.45) is 3.85. The summed E-state index contributed by atoms with van der Waals surface area (Å²) in [4.78, 5) is 2.90. The number of nitrogens with zero attached hydrogens (tertiary/aromatic N) is 1. The highest BCUT2D eigenvalue weighted by Crippen LogP contribution is 2.05. The molecule has 84 valence electrons. The average Bonchev–Trinajstić information content (AvgIpc) is 2.66. The highest BCUT2D eigenvalue weighted by atomic mass is 32.1. The number of nitrogens with one attached hydrogen (secondary N) is 1. The van der Waals surface area contributed by atoms with Crippen LogP contribution in [0.3, 0.4) is 0 Å². The molecule has 0 unspecified atom stereocenters. The van der Waals surface area contributed by atoms with Crippen molar-refractivity contribution in [2.75, 3.05) is 0 Å². The smallest absolute Gasteiger partial charge is 0.177 e. The van der Waals surface area contributed by atoms with Gasteiger partial charge < -0.3 is 14.7 Å². The Hall–Kier alpha value is -1.39. The molecule has 1 heterocycles. The highest BCUT2D eigenvalue weighted by Gasteiger charge is 2.06. The molecule has 0 aliphatic rings. The van der Waals surface area contributed by atoms with E-state index in [1.165, 1.54) is 0 Å². The fourth-order valence-electron chi connectivity index (χ4n) is 1.67. The van der Waals surface area contributed by atoms with Crippen molar-refractivity contribution in [3.63, 3.8) is 0 Å². The maximum absolute atomic E-state index is 9.92. The Balaban J connectivity index is 1.97. The van der Waals surface area contributed by atoms with Crippen LogP contribution in [0.25, 0.3) is 0 Å². The third-order valence-electron chi connectivity index (χ3n) is 2.44. The second kappa shape index (κ2) is 5.09. The molecule has 0 spiro atoms. The number of H-pyrrole nitrogens is 1. The lowest BCUT2D eigenvalue weighted by atomic mass is 10.1. The summed E-state index contributed by atoms with van der Waals surface area (Å²) in [5.74, 6) is 0. The fraction of sp³-hybridized carbons (Fsp3) is 0.250. The monoisotopic (exact) mass is 234 g/mol. The Bertz CT molecular complexity index is 489. The van der Waals surface area contributed by atoms with Crippen LogP contribution in [0.1, 0.15) is 5.56 Å². The number of hydrogen-bond acceptors (Lipinski definition) is 2. The highest BCUT2D eigenvalue weighted by molar-refractivity contribution is 7.71. The van der Waals surface area contributed by atoms with E-state index in [1.54, 1.807) is 6.20 Å². The summed E-state index contributed by atoms with van der Waals surface area (Å²) >= 11 is 5.06. The molecule has 0 saturated heterocycles. The second-order valence-electron chi connectivity index (χ2n) is 3.76. The SMILES string of the molecule is O[C@@H](Cc1ccccc1)Cn1cc[nH]c1=S. The number of benzene rings is 1. The molecule has 0 radical (unpaired) electrons. The lowest BCUT2D eigenvalue weighted by Gasteiger charge is -2.11. The molecule has 2 aromatic rings. The maximum Gasteiger partial charge on any atom is 0.177 e. The van der Waals surface area contributed by atoms with Crippen molar-refractivity contribution in [1.29, 1.82) is 0 Å². The Morgan fingerprint density at radius 3 is 2.69 bits per heavy atom. The Morgan fingerprint density at radius 1 is 1.31 bits per heavy atom. The number of rotatable bonds is 4. The summed E-state index contributed by atoms with van der Waals surface area (Å²) in [5.41, 5.74) is 1.14. The van der Waals surface area contributed by atoms with Gasteiger partial charge in [-0.3, -0.25) is 0 Å². The maximum atomic E-state index is 9.92. The molecular formula is C12H14N2OS. The van der Waals surface area contributed by atoms with Crippen molar-refractivity contribution < 1.29 is 5.11 Å². The zero-order chi connectivity index (χ0) is 11.4. The van der Waals surface area contributed by atoms with Crippen molar-refractivity contribution in [1.82, 2.24) is 9.55 Å². The molecule has 1 aromatic carbocycles. The summed E-state index contributed by atoms with van der Waals surface area (Å²) in [6, 6.07) is 9.95. The molecule has 0 amide bonds. The van der Waals surface area contributed by atoms with Gasteiger partial charge in [-0.1, -0.05) is 30.3 Å². The van der Waals surface area contributed by atoms with Crippen LogP contribution in [0.5, 0.6) is 0 Å². The minimum Gasteiger partial charge on any atom is -0.391 e. The van der Waals surface area contributed by atoms with Crippen LogP contribution in [0.15, 0.2) is 42.7 Å². The van der Waals surface area contributed by atoms with Crippen molar-refractivity contribution in [2.45, 2.75) is 19.1 Å². The normalized spacial score (nSPS) is 12.6. The van der Waals surface area contributed by atoms with Gasteiger partial charge in [0.2, 0.25) is 0 Å². The summed E-state index contributed by atoms with van der Waals surface area (Å²) < 4.78 is 2.48. The molecule has 3 nitrogen and oxygen atoms in total. The molecular weight excluding hydrogens is 220 g/mol. The van der Waals surface area contributed by atoms with Crippen molar-refractivity contribution in [2.24, 2.45) is 0 Å². The first-order valence-electron chi connectivity index (χ1n) is 5.21. The van der Waals surface area contributed by atoms with Gasteiger partial charge in [0.05, 0.1) is 12.6 Å². The number of aliphatic hydroxyl groups is 1. The first-order valence-corrected chi connectivity index (χ1v) is 5.62. The zero-order valence-electron chi connectivity index (χ0n) is 8.84. The van der Waals surface area contributed by atoms with Crippen LogP contribution in [0.4, 0.5) is 0 Å². The molecule has 16 heavy (non-hydrogen) atoms. The number of imidazole rings is 1. The summed E-state index contributed by atoms with van der Waals surface area (Å²) in [6.45, 7) is 0.525. The van der Waals surface area contributed by atoms with Gasteiger partial charge in [-0.2, -0.15) is 0 Å². The molecule has 0 bridgehead atoms. The van der Waals surface area contributed by atoms with Crippen molar-refractivity contribution in [3.05, 3.63) is 53.1 Å². The molecule has 0 saturated carbocycles. The van der Waals surface area contributed by atoms with Gasteiger partial charge in [0.1, 0.15) is 0 Å². The molecule has 0 aliphatic carbocycles. The van der Waals surface area contributed by atoms with Crippen LogP contribution in [-0.2, 0) is 13.0 Å². The fourth-order valence-corrected chi connectivity index (χ4v) is 1.87. The standard InChI is InChI=1S/C12H14N2OS/c15-11(8-10-4-2-1-3-5-10)9-14-7-6-13-12(14)16/h1-7,11,15H,8-9H2,(H,13,16)/t11-/m0/s1. The second-order valence-corrected chi connectivity index (χ2v) is 4.15. The van der Waals surface area contributed by atoms with E-state index < -0.39 is 6.10 Å². The summed E-state index contributed by atoms with van der Waals surface area (Å²) in [7, 11) is 0. The topological polar surface area (TPSA) is 41.0 Å². The first kappa shape index (κ1) is 11.1. The van der Waals surface area contributed by atoms with E-state index in [-0.39, 0.29) is 0 Å². The molecule has 4 heteroatoms. The number of aromatic amines is 1. The van der Waals surface area contributed by atoms with Gasteiger partial charge in [0.15, 0.2) is 4.77 Å². The molecule has 2 N–H and O–H groups in total. The van der Waals surface area contributed by atoms with E-state index in [4.69, 9.17) is 12.2 Å². The van der Waals surface area contributed by atoms with Crippen LogP contribution < -0.4 is 0 Å². The zero-order valence-corrected chi connectivity index (χ0v) is 9.65. The number of hydrogen-bond donors (Lipinski definition) is 2. The van der Waals surface area contributed by atoms with Gasteiger partial charge in [-0.05, 0) is 17.8 Å². The van der Waals surface area contributed by atoms with Crippen LogP contribution >= 0.6 is 12.2 Å². The van der Waals surface area contributed by atoms with E-state index in [9.17, 15) is 5.11 Å².